The van der Waals surface area contributed by atoms with Crippen molar-refractivity contribution >= 4 is 39.6 Å². The Balaban J connectivity index is 1.70. The molecule has 192 valence electrons. The third-order valence-corrected chi connectivity index (χ3v) is 5.59. The Morgan fingerprint density at radius 1 is 0.778 bits per heavy atom. The third kappa shape index (κ3) is 9.52. The number of hydrogen-bond donors (Lipinski definition) is 6. The molecule has 0 heterocycles. The van der Waals surface area contributed by atoms with Gasteiger partial charge in [0.15, 0.2) is 0 Å². The van der Waals surface area contributed by atoms with Crippen molar-refractivity contribution in [2.45, 2.75) is 17.4 Å². The van der Waals surface area contributed by atoms with Crippen LogP contribution in [0.1, 0.15) is 15.9 Å². The van der Waals surface area contributed by atoms with Crippen LogP contribution in [0, 0.1) is 0 Å². The quantitative estimate of drug-likeness (QED) is 0.186. The highest BCUT2D eigenvalue weighted by atomic mass is 32.2. The lowest BCUT2D eigenvalue weighted by Crippen LogP contribution is -2.48. The predicted molar refractivity (Wildman–Crippen MR) is 126 cm³/mol. The predicted octanol–water partition coefficient (Wildman–Crippen LogP) is -1.89. The highest BCUT2D eigenvalue weighted by molar-refractivity contribution is 7.89. The molecule has 13 nitrogen and oxygen atoms in total. The Kier molecular flexibility index (Phi) is 10.1. The molecule has 4 amide bonds. The van der Waals surface area contributed by atoms with Crippen LogP contribution in [0.5, 0.6) is 0 Å². The number of nitrogens with two attached hydrogens (primary N) is 1. The molecule has 0 aromatic heterocycles. The number of amides is 4. The molecule has 0 aliphatic carbocycles. The molecule has 0 saturated heterocycles. The molecule has 0 saturated carbocycles. The van der Waals surface area contributed by atoms with Crippen molar-refractivity contribution < 1.29 is 37.5 Å². The Hall–Kier alpha value is -4.30. The minimum Gasteiger partial charge on any atom is -0.480 e. The van der Waals surface area contributed by atoms with E-state index in [4.69, 9.17) is 5.14 Å². The number of carboxylic acid groups (broad SMARTS) is 1. The second-order valence-electron chi connectivity index (χ2n) is 7.45. The van der Waals surface area contributed by atoms with Crippen LogP contribution in [-0.2, 0) is 35.6 Å². The largest absolute Gasteiger partial charge is 0.480 e. The summed E-state index contributed by atoms with van der Waals surface area (Å²) in [6.45, 7) is -1.46. The van der Waals surface area contributed by atoms with Gasteiger partial charge in [0.2, 0.25) is 27.7 Å². The standard InChI is InChI=1S/C22H25N5O8S/c23-36(34,35)16-8-6-15(7-9-16)21(31)26-12-19(29)24-11-18(28)25-13-20(30)27-17(22(32)33)10-14-4-2-1-3-5-14/h1-9,17H,10-13H2,(H,24,29)(H,25,28)(H,26,31)(H,27,30)(H,32,33)(H2,23,34,35). The van der Waals surface area contributed by atoms with Gasteiger partial charge in [-0.3, -0.25) is 19.2 Å². The van der Waals surface area contributed by atoms with Crippen LogP contribution in [0.3, 0.4) is 0 Å². The van der Waals surface area contributed by atoms with Crippen LogP contribution in [-0.4, -0.2) is 68.8 Å². The first-order valence-electron chi connectivity index (χ1n) is 10.5. The molecule has 0 aliphatic heterocycles. The number of nitrogens with one attached hydrogen (secondary N) is 4. The molecule has 1 unspecified atom stereocenters. The third-order valence-electron chi connectivity index (χ3n) is 4.66. The molecule has 7 N–H and O–H groups in total. The molecule has 2 aromatic rings. The number of carbonyl (C=O) groups excluding carboxylic acids is 4. The summed E-state index contributed by atoms with van der Waals surface area (Å²) in [5.74, 6) is -4.01. The molecule has 14 heteroatoms. The number of rotatable bonds is 12. The number of hydrogen-bond acceptors (Lipinski definition) is 7. The van der Waals surface area contributed by atoms with Crippen molar-refractivity contribution in [3.8, 4) is 0 Å². The molecular formula is C22H25N5O8S. The maximum Gasteiger partial charge on any atom is 0.326 e. The lowest BCUT2D eigenvalue weighted by Gasteiger charge is -2.15. The number of aliphatic carboxylic acids is 1. The minimum absolute atomic E-state index is 0.0634. The maximum absolute atomic E-state index is 12.0. The monoisotopic (exact) mass is 519 g/mol. The maximum atomic E-state index is 12.0. The van der Waals surface area contributed by atoms with Gasteiger partial charge in [0.1, 0.15) is 6.04 Å². The van der Waals surface area contributed by atoms with Gasteiger partial charge >= 0.3 is 5.97 Å². The number of carboxylic acids is 1. The van der Waals surface area contributed by atoms with Crippen LogP contribution in [0.25, 0.3) is 0 Å². The van der Waals surface area contributed by atoms with Crippen molar-refractivity contribution in [3.05, 3.63) is 65.7 Å². The molecule has 36 heavy (non-hydrogen) atoms. The summed E-state index contributed by atoms with van der Waals surface area (Å²) in [4.78, 5) is 59.0. The summed E-state index contributed by atoms with van der Waals surface area (Å²) < 4.78 is 22.5. The second kappa shape index (κ2) is 13.0. The van der Waals surface area contributed by atoms with Crippen LogP contribution < -0.4 is 26.4 Å². The van der Waals surface area contributed by atoms with Gasteiger partial charge in [-0.25, -0.2) is 18.4 Å². The van der Waals surface area contributed by atoms with Gasteiger partial charge in [0, 0.05) is 12.0 Å². The second-order valence-corrected chi connectivity index (χ2v) is 9.02. The fourth-order valence-corrected chi connectivity index (χ4v) is 3.35. The van der Waals surface area contributed by atoms with Gasteiger partial charge in [0.05, 0.1) is 24.5 Å². The van der Waals surface area contributed by atoms with E-state index in [1.54, 1.807) is 30.3 Å². The Morgan fingerprint density at radius 2 is 1.31 bits per heavy atom. The van der Waals surface area contributed by atoms with Crippen LogP contribution >= 0.6 is 0 Å². The summed E-state index contributed by atoms with van der Waals surface area (Å²) >= 11 is 0. The van der Waals surface area contributed by atoms with E-state index in [0.717, 1.165) is 12.1 Å². The number of benzene rings is 2. The van der Waals surface area contributed by atoms with Gasteiger partial charge in [-0.1, -0.05) is 30.3 Å². The van der Waals surface area contributed by atoms with Crippen LogP contribution in [0.2, 0.25) is 0 Å². The number of sulfonamides is 1. The zero-order valence-corrected chi connectivity index (χ0v) is 19.7. The smallest absolute Gasteiger partial charge is 0.326 e. The van der Waals surface area contributed by atoms with E-state index in [0.29, 0.717) is 5.56 Å². The Labute approximate surface area is 206 Å². The average molecular weight is 520 g/mol. The van der Waals surface area contributed by atoms with Gasteiger partial charge < -0.3 is 26.4 Å². The normalized spacial score (nSPS) is 11.6. The van der Waals surface area contributed by atoms with Gasteiger partial charge in [-0.05, 0) is 29.8 Å². The SMILES string of the molecule is NS(=O)(=O)c1ccc(C(=O)NCC(=O)NCC(=O)NCC(=O)NC(Cc2ccccc2)C(=O)O)cc1. The van der Waals surface area contributed by atoms with Crippen molar-refractivity contribution in [1.82, 2.24) is 21.3 Å². The zero-order valence-electron chi connectivity index (χ0n) is 18.9. The lowest BCUT2D eigenvalue weighted by atomic mass is 10.1. The van der Waals surface area contributed by atoms with Gasteiger partial charge in [0.25, 0.3) is 5.91 Å². The van der Waals surface area contributed by atoms with E-state index in [1.165, 1.54) is 12.1 Å². The molecule has 0 bridgehead atoms. The molecule has 0 fully saturated rings. The van der Waals surface area contributed by atoms with E-state index in [-0.39, 0.29) is 16.9 Å². The van der Waals surface area contributed by atoms with E-state index in [9.17, 15) is 37.5 Å². The zero-order chi connectivity index (χ0) is 26.7. The molecule has 0 radical (unpaired) electrons. The summed E-state index contributed by atoms with van der Waals surface area (Å²) in [6, 6.07) is 12.2. The van der Waals surface area contributed by atoms with Crippen LogP contribution in [0.4, 0.5) is 0 Å². The molecule has 0 aliphatic rings. The van der Waals surface area contributed by atoms with Crippen molar-refractivity contribution in [2.75, 3.05) is 19.6 Å². The minimum atomic E-state index is -3.90. The van der Waals surface area contributed by atoms with E-state index < -0.39 is 65.3 Å². The highest BCUT2D eigenvalue weighted by Gasteiger charge is 2.20. The summed E-state index contributed by atoms with van der Waals surface area (Å²) in [6.07, 6.45) is 0.0634. The summed E-state index contributed by atoms with van der Waals surface area (Å²) in [5.41, 5.74) is 0.801. The fourth-order valence-electron chi connectivity index (χ4n) is 2.84. The van der Waals surface area contributed by atoms with E-state index in [2.05, 4.69) is 21.3 Å². The highest BCUT2D eigenvalue weighted by Crippen LogP contribution is 2.08. The average Bonchev–Trinajstić information content (AvgIpc) is 2.84. The van der Waals surface area contributed by atoms with Crippen molar-refractivity contribution in [1.29, 1.82) is 0 Å². The Bertz CT molecular complexity index is 1220. The molecule has 0 spiro atoms. The topological polar surface area (TPSA) is 214 Å². The van der Waals surface area contributed by atoms with Gasteiger partial charge in [-0.15, -0.1) is 0 Å². The fraction of sp³-hybridized carbons (Fsp3) is 0.227. The Morgan fingerprint density at radius 3 is 1.83 bits per heavy atom. The van der Waals surface area contributed by atoms with Crippen molar-refractivity contribution in [3.63, 3.8) is 0 Å². The van der Waals surface area contributed by atoms with Crippen LogP contribution in [0.15, 0.2) is 59.5 Å². The molecule has 2 rings (SSSR count). The number of carbonyl (C=O) groups is 5. The first-order valence-corrected chi connectivity index (χ1v) is 12.0. The molecular weight excluding hydrogens is 494 g/mol. The summed E-state index contributed by atoms with van der Waals surface area (Å²) in [5, 5.41) is 23.4. The van der Waals surface area contributed by atoms with E-state index >= 15 is 0 Å². The number of primary sulfonamides is 1. The van der Waals surface area contributed by atoms with E-state index in [1.807, 2.05) is 0 Å². The first kappa shape index (κ1) is 27.9. The molecule has 1 atom stereocenters. The lowest BCUT2D eigenvalue weighted by molar-refractivity contribution is -0.141. The van der Waals surface area contributed by atoms with Gasteiger partial charge in [-0.2, -0.15) is 0 Å². The van der Waals surface area contributed by atoms with Crippen molar-refractivity contribution in [2.24, 2.45) is 5.14 Å². The first-order chi connectivity index (χ1) is 17.0. The summed E-state index contributed by atoms with van der Waals surface area (Å²) in [7, 11) is -3.90. The molecule has 2 aromatic carbocycles.